The Morgan fingerprint density at radius 2 is 1.87 bits per heavy atom. The summed E-state index contributed by atoms with van der Waals surface area (Å²) in [5.41, 5.74) is 7.70. The molecule has 0 aromatic heterocycles. The lowest BCUT2D eigenvalue weighted by Gasteiger charge is -2.34. The van der Waals surface area contributed by atoms with Crippen LogP contribution in [0.25, 0.3) is 0 Å². The van der Waals surface area contributed by atoms with E-state index < -0.39 is 0 Å². The van der Waals surface area contributed by atoms with Gasteiger partial charge in [0.05, 0.1) is 0 Å². The van der Waals surface area contributed by atoms with Crippen molar-refractivity contribution in [3.63, 3.8) is 0 Å². The van der Waals surface area contributed by atoms with Crippen LogP contribution in [-0.4, -0.2) is 0 Å². The van der Waals surface area contributed by atoms with Gasteiger partial charge in [-0.15, -0.1) is 0 Å². The summed E-state index contributed by atoms with van der Waals surface area (Å²) in [6.45, 7) is 1.78. The minimum absolute atomic E-state index is 0.136. The predicted molar refractivity (Wildman–Crippen MR) is 60.1 cm³/mol. The van der Waals surface area contributed by atoms with Gasteiger partial charge in [-0.05, 0) is 37.0 Å². The summed E-state index contributed by atoms with van der Waals surface area (Å²) in [6, 6.07) is 5.41. The van der Waals surface area contributed by atoms with Gasteiger partial charge in [-0.3, -0.25) is 0 Å². The standard InChI is InChI=1S/C13H18FN/c1-10-5-6-11(9-12(10)14)13(15)7-3-2-4-8-13/h5-6,9H,2-4,7-8,15H2,1H3. The molecule has 1 nitrogen and oxygen atoms in total. The Hall–Kier alpha value is -0.890. The number of halogens is 1. The summed E-state index contributed by atoms with van der Waals surface area (Å²) in [7, 11) is 0. The number of rotatable bonds is 1. The molecule has 1 aliphatic rings. The highest BCUT2D eigenvalue weighted by atomic mass is 19.1. The molecule has 1 aromatic rings. The van der Waals surface area contributed by atoms with Gasteiger partial charge in [0.15, 0.2) is 0 Å². The topological polar surface area (TPSA) is 26.0 Å². The van der Waals surface area contributed by atoms with E-state index in [4.69, 9.17) is 5.73 Å². The van der Waals surface area contributed by atoms with Gasteiger partial charge in [-0.2, -0.15) is 0 Å². The maximum Gasteiger partial charge on any atom is 0.126 e. The molecule has 2 rings (SSSR count). The van der Waals surface area contributed by atoms with Crippen molar-refractivity contribution in [3.05, 3.63) is 35.1 Å². The lowest BCUT2D eigenvalue weighted by atomic mass is 9.77. The van der Waals surface area contributed by atoms with E-state index in [9.17, 15) is 4.39 Å². The van der Waals surface area contributed by atoms with Crippen LogP contribution in [0.5, 0.6) is 0 Å². The van der Waals surface area contributed by atoms with E-state index in [0.29, 0.717) is 5.56 Å². The fourth-order valence-electron chi connectivity index (χ4n) is 2.37. The van der Waals surface area contributed by atoms with Crippen molar-refractivity contribution >= 4 is 0 Å². The molecule has 0 spiro atoms. The minimum Gasteiger partial charge on any atom is -0.321 e. The second-order valence-corrected chi connectivity index (χ2v) is 4.68. The van der Waals surface area contributed by atoms with Crippen molar-refractivity contribution in [1.82, 2.24) is 0 Å². The lowest BCUT2D eigenvalue weighted by molar-refractivity contribution is 0.301. The summed E-state index contributed by atoms with van der Waals surface area (Å²) < 4.78 is 13.4. The van der Waals surface area contributed by atoms with Crippen LogP contribution < -0.4 is 5.73 Å². The lowest BCUT2D eigenvalue weighted by Crippen LogP contribution is -2.38. The molecule has 0 amide bonds. The first kappa shape index (κ1) is 10.6. The summed E-state index contributed by atoms with van der Waals surface area (Å²) in [4.78, 5) is 0. The van der Waals surface area contributed by atoms with Gasteiger partial charge in [0.25, 0.3) is 0 Å². The third kappa shape index (κ3) is 2.05. The molecule has 82 valence electrons. The average molecular weight is 207 g/mol. The van der Waals surface area contributed by atoms with Crippen molar-refractivity contribution in [3.8, 4) is 0 Å². The van der Waals surface area contributed by atoms with Crippen LogP contribution in [0.4, 0.5) is 4.39 Å². The van der Waals surface area contributed by atoms with Crippen molar-refractivity contribution < 1.29 is 4.39 Å². The number of hydrogen-bond donors (Lipinski definition) is 1. The largest absolute Gasteiger partial charge is 0.321 e. The predicted octanol–water partition coefficient (Wildman–Crippen LogP) is 3.25. The molecular formula is C13H18FN. The Morgan fingerprint density at radius 3 is 2.47 bits per heavy atom. The van der Waals surface area contributed by atoms with Crippen LogP contribution in [0.1, 0.15) is 43.2 Å². The second kappa shape index (κ2) is 3.93. The second-order valence-electron chi connectivity index (χ2n) is 4.68. The van der Waals surface area contributed by atoms with Gasteiger partial charge in [0.1, 0.15) is 5.82 Å². The van der Waals surface area contributed by atoms with Crippen molar-refractivity contribution in [2.45, 2.75) is 44.6 Å². The Morgan fingerprint density at radius 1 is 1.20 bits per heavy atom. The van der Waals surface area contributed by atoms with Gasteiger partial charge in [0, 0.05) is 5.54 Å². The Kier molecular flexibility index (Phi) is 2.79. The molecule has 0 bridgehead atoms. The smallest absolute Gasteiger partial charge is 0.126 e. The van der Waals surface area contributed by atoms with E-state index in [1.807, 2.05) is 12.1 Å². The highest BCUT2D eigenvalue weighted by Gasteiger charge is 2.29. The SMILES string of the molecule is Cc1ccc(C2(N)CCCCC2)cc1F. The molecule has 2 N–H and O–H groups in total. The normalized spacial score (nSPS) is 20.2. The zero-order valence-corrected chi connectivity index (χ0v) is 9.22. The Labute approximate surface area is 90.5 Å². The molecular weight excluding hydrogens is 189 g/mol. The molecule has 1 saturated carbocycles. The van der Waals surface area contributed by atoms with E-state index in [-0.39, 0.29) is 11.4 Å². The molecule has 1 aromatic carbocycles. The molecule has 0 atom stereocenters. The zero-order chi connectivity index (χ0) is 10.9. The van der Waals surface area contributed by atoms with Crippen molar-refractivity contribution in [2.75, 3.05) is 0 Å². The highest BCUT2D eigenvalue weighted by Crippen LogP contribution is 2.35. The van der Waals surface area contributed by atoms with E-state index in [1.54, 1.807) is 13.0 Å². The van der Waals surface area contributed by atoms with Crippen LogP contribution in [0.15, 0.2) is 18.2 Å². The van der Waals surface area contributed by atoms with Gasteiger partial charge < -0.3 is 5.73 Å². The number of nitrogens with two attached hydrogens (primary N) is 1. The molecule has 2 heteroatoms. The van der Waals surface area contributed by atoms with Crippen LogP contribution in [-0.2, 0) is 5.54 Å². The molecule has 0 heterocycles. The van der Waals surface area contributed by atoms with Crippen LogP contribution >= 0.6 is 0 Å². The molecule has 15 heavy (non-hydrogen) atoms. The van der Waals surface area contributed by atoms with E-state index >= 15 is 0 Å². The maximum atomic E-state index is 13.4. The summed E-state index contributed by atoms with van der Waals surface area (Å²) >= 11 is 0. The summed E-state index contributed by atoms with van der Waals surface area (Å²) in [5, 5.41) is 0. The van der Waals surface area contributed by atoms with E-state index in [1.165, 1.54) is 6.42 Å². The van der Waals surface area contributed by atoms with E-state index in [0.717, 1.165) is 31.2 Å². The third-order valence-corrected chi connectivity index (χ3v) is 3.49. The monoisotopic (exact) mass is 207 g/mol. The van der Waals surface area contributed by atoms with E-state index in [2.05, 4.69) is 0 Å². The Bertz CT molecular complexity index is 354. The molecule has 0 unspecified atom stereocenters. The average Bonchev–Trinajstić information content (AvgIpc) is 2.23. The number of benzene rings is 1. The quantitative estimate of drug-likeness (QED) is 0.751. The number of hydrogen-bond acceptors (Lipinski definition) is 1. The number of aryl methyl sites for hydroxylation is 1. The molecule has 0 saturated heterocycles. The first-order chi connectivity index (χ1) is 7.12. The minimum atomic E-state index is -0.285. The zero-order valence-electron chi connectivity index (χ0n) is 9.22. The first-order valence-corrected chi connectivity index (χ1v) is 5.67. The fraction of sp³-hybridized carbons (Fsp3) is 0.538. The summed E-state index contributed by atoms with van der Waals surface area (Å²) in [6.07, 6.45) is 5.54. The van der Waals surface area contributed by atoms with Crippen molar-refractivity contribution in [2.24, 2.45) is 5.73 Å². The van der Waals surface area contributed by atoms with Crippen LogP contribution in [0, 0.1) is 12.7 Å². The summed E-state index contributed by atoms with van der Waals surface area (Å²) in [5.74, 6) is -0.136. The third-order valence-electron chi connectivity index (χ3n) is 3.49. The van der Waals surface area contributed by atoms with Crippen LogP contribution in [0.2, 0.25) is 0 Å². The fourth-order valence-corrected chi connectivity index (χ4v) is 2.37. The van der Waals surface area contributed by atoms with Gasteiger partial charge in [0.2, 0.25) is 0 Å². The van der Waals surface area contributed by atoms with Gasteiger partial charge >= 0.3 is 0 Å². The molecule has 0 radical (unpaired) electrons. The highest BCUT2D eigenvalue weighted by molar-refractivity contribution is 5.29. The maximum absolute atomic E-state index is 13.4. The van der Waals surface area contributed by atoms with Crippen LogP contribution in [0.3, 0.4) is 0 Å². The van der Waals surface area contributed by atoms with Gasteiger partial charge in [-0.1, -0.05) is 31.4 Å². The van der Waals surface area contributed by atoms with Crippen molar-refractivity contribution in [1.29, 1.82) is 0 Å². The first-order valence-electron chi connectivity index (χ1n) is 5.67. The molecule has 1 fully saturated rings. The molecule has 1 aliphatic carbocycles. The molecule has 0 aliphatic heterocycles. The Balaban J connectivity index is 2.31. The van der Waals surface area contributed by atoms with Gasteiger partial charge in [-0.25, -0.2) is 4.39 Å².